The van der Waals surface area contributed by atoms with Gasteiger partial charge < -0.3 is 10.2 Å². The highest BCUT2D eigenvalue weighted by Crippen LogP contribution is 2.41. The molecule has 0 bridgehead atoms. The first-order valence-electron chi connectivity index (χ1n) is 13.6. The highest BCUT2D eigenvalue weighted by atomic mass is 19.4. The summed E-state index contributed by atoms with van der Waals surface area (Å²) >= 11 is 0. The van der Waals surface area contributed by atoms with E-state index in [1.54, 1.807) is 34.1 Å². The summed E-state index contributed by atoms with van der Waals surface area (Å²) < 4.78 is 43.6. The smallest absolute Gasteiger partial charge is 0.338 e. The molecule has 2 N–H and O–H groups in total. The predicted molar refractivity (Wildman–Crippen MR) is 140 cm³/mol. The van der Waals surface area contributed by atoms with Gasteiger partial charge in [-0.3, -0.25) is 19.4 Å². The largest absolute Gasteiger partial charge is 0.416 e. The molecule has 0 spiro atoms. The maximum atomic E-state index is 14.0. The molecule has 39 heavy (non-hydrogen) atoms. The zero-order valence-electron chi connectivity index (χ0n) is 21.9. The molecule has 8 nitrogen and oxygen atoms in total. The van der Waals surface area contributed by atoms with E-state index in [2.05, 4.69) is 20.6 Å². The van der Waals surface area contributed by atoms with E-state index in [0.29, 0.717) is 42.9 Å². The third-order valence-corrected chi connectivity index (χ3v) is 7.88. The fourth-order valence-electron chi connectivity index (χ4n) is 5.68. The van der Waals surface area contributed by atoms with Crippen LogP contribution in [0, 0.1) is 0 Å². The molecule has 208 valence electrons. The molecule has 0 atom stereocenters. The second-order valence-corrected chi connectivity index (χ2v) is 10.5. The summed E-state index contributed by atoms with van der Waals surface area (Å²) in [5.41, 5.74) is 1.42. The van der Waals surface area contributed by atoms with E-state index < -0.39 is 11.7 Å². The maximum Gasteiger partial charge on any atom is 0.416 e. The number of amides is 2. The molecule has 0 unspecified atom stereocenters. The minimum absolute atomic E-state index is 0.0104. The number of H-pyrrole nitrogens is 1. The highest BCUT2D eigenvalue weighted by molar-refractivity contribution is 6.02. The van der Waals surface area contributed by atoms with Crippen molar-refractivity contribution in [2.45, 2.75) is 76.4 Å². The maximum absolute atomic E-state index is 14.0. The van der Waals surface area contributed by atoms with Crippen molar-refractivity contribution in [1.29, 1.82) is 0 Å². The molecule has 3 heterocycles. The molecule has 11 heteroatoms. The second-order valence-electron chi connectivity index (χ2n) is 10.5. The van der Waals surface area contributed by atoms with Crippen LogP contribution in [0.15, 0.2) is 36.7 Å². The molecule has 1 saturated heterocycles. The molecule has 1 aliphatic heterocycles. The number of carbonyl (C=O) groups excluding carboxylic acids is 2. The van der Waals surface area contributed by atoms with E-state index in [-0.39, 0.29) is 29.3 Å². The van der Waals surface area contributed by atoms with Crippen molar-refractivity contribution in [1.82, 2.24) is 24.9 Å². The lowest BCUT2D eigenvalue weighted by molar-refractivity contribution is -0.138. The topological polar surface area (TPSA) is 95.9 Å². The van der Waals surface area contributed by atoms with Crippen molar-refractivity contribution < 1.29 is 22.8 Å². The monoisotopic (exact) mass is 542 g/mol. The van der Waals surface area contributed by atoms with Crippen LogP contribution in [0.1, 0.15) is 101 Å². The van der Waals surface area contributed by atoms with E-state index in [4.69, 9.17) is 0 Å². The standard InChI is InChI=1S/C28H33F3N6O2/c1-2-20-15-25(35-34-20)26(38)33-21-16-32-37(17-21)22-10-12-36(13-11-22)27(39)19-8-9-23(18-6-4-3-5-7-18)24(14-19)28(29,30)31/h8-9,14-18,22H,2-7,10-13H2,1H3,(H,33,38)(H,34,35). The van der Waals surface area contributed by atoms with Gasteiger partial charge in [0.25, 0.3) is 11.8 Å². The molecule has 2 amide bonds. The average molecular weight is 543 g/mol. The van der Waals surface area contributed by atoms with E-state index in [1.165, 1.54) is 6.07 Å². The third kappa shape index (κ3) is 6.02. The molecule has 5 rings (SSSR count). The van der Waals surface area contributed by atoms with Gasteiger partial charge in [-0.2, -0.15) is 23.4 Å². The summed E-state index contributed by atoms with van der Waals surface area (Å²) in [6.45, 7) is 2.78. The van der Waals surface area contributed by atoms with Gasteiger partial charge in [0.2, 0.25) is 0 Å². The van der Waals surface area contributed by atoms with Gasteiger partial charge in [0.15, 0.2) is 5.69 Å². The van der Waals surface area contributed by atoms with Crippen LogP contribution in [0.5, 0.6) is 0 Å². The lowest BCUT2D eigenvalue weighted by atomic mass is 9.81. The number of piperidine rings is 1. The van der Waals surface area contributed by atoms with E-state index in [1.807, 2.05) is 6.92 Å². The number of nitrogens with zero attached hydrogens (tertiary/aromatic N) is 4. The van der Waals surface area contributed by atoms with Gasteiger partial charge in [0.05, 0.1) is 23.5 Å². The first-order chi connectivity index (χ1) is 18.7. The fraction of sp³-hybridized carbons (Fsp3) is 0.500. The van der Waals surface area contributed by atoms with Crippen molar-refractivity contribution in [3.05, 3.63) is 64.7 Å². The molecular weight excluding hydrogens is 509 g/mol. The number of aryl methyl sites for hydroxylation is 1. The Morgan fingerprint density at radius 2 is 1.82 bits per heavy atom. The van der Waals surface area contributed by atoms with Gasteiger partial charge in [-0.05, 0) is 61.8 Å². The Hall–Kier alpha value is -3.63. The fourth-order valence-corrected chi connectivity index (χ4v) is 5.68. The third-order valence-electron chi connectivity index (χ3n) is 7.88. The van der Waals surface area contributed by atoms with E-state index in [0.717, 1.165) is 50.3 Å². The van der Waals surface area contributed by atoms with Crippen LogP contribution in [0.4, 0.5) is 18.9 Å². The molecule has 2 aliphatic rings. The van der Waals surface area contributed by atoms with Crippen molar-refractivity contribution in [3.8, 4) is 0 Å². The molecule has 2 fully saturated rings. The molecule has 0 radical (unpaired) electrons. The van der Waals surface area contributed by atoms with E-state index >= 15 is 0 Å². The van der Waals surface area contributed by atoms with Crippen molar-refractivity contribution in [3.63, 3.8) is 0 Å². The number of carbonyl (C=O) groups is 2. The summed E-state index contributed by atoms with van der Waals surface area (Å²) in [7, 11) is 0. The SMILES string of the molecule is CCc1cc(C(=O)Nc2cnn(C3CCN(C(=O)c4ccc(C5CCCCC5)c(C(F)(F)F)c4)CC3)c2)n[nH]1. The second kappa shape index (κ2) is 11.2. The highest BCUT2D eigenvalue weighted by Gasteiger charge is 2.37. The lowest BCUT2D eigenvalue weighted by Gasteiger charge is -2.32. The Morgan fingerprint density at radius 1 is 1.08 bits per heavy atom. The van der Waals surface area contributed by atoms with Gasteiger partial charge in [0.1, 0.15) is 0 Å². The molecule has 1 saturated carbocycles. The van der Waals surface area contributed by atoms with Gasteiger partial charge in [0, 0.05) is 30.5 Å². The lowest BCUT2D eigenvalue weighted by Crippen LogP contribution is -2.39. The summed E-state index contributed by atoms with van der Waals surface area (Å²) in [5.74, 6) is -0.821. The Bertz CT molecular complexity index is 1320. The summed E-state index contributed by atoms with van der Waals surface area (Å²) in [6, 6.07) is 5.83. The number of rotatable bonds is 6. The number of hydrogen-bond acceptors (Lipinski definition) is 4. The number of benzene rings is 1. The number of anilines is 1. The molecule has 3 aromatic rings. The van der Waals surface area contributed by atoms with Crippen LogP contribution in [0.3, 0.4) is 0 Å². The number of nitrogens with one attached hydrogen (secondary N) is 2. The van der Waals surface area contributed by atoms with Crippen LogP contribution < -0.4 is 5.32 Å². The Kier molecular flexibility index (Phi) is 7.76. The number of alkyl halides is 3. The van der Waals surface area contributed by atoms with Crippen LogP contribution in [-0.2, 0) is 12.6 Å². The van der Waals surface area contributed by atoms with Crippen LogP contribution in [0.25, 0.3) is 0 Å². The van der Waals surface area contributed by atoms with Gasteiger partial charge in [-0.15, -0.1) is 0 Å². The minimum Gasteiger partial charge on any atom is -0.338 e. The normalized spacial score (nSPS) is 17.4. The van der Waals surface area contributed by atoms with E-state index in [9.17, 15) is 22.8 Å². The van der Waals surface area contributed by atoms with Crippen molar-refractivity contribution in [2.75, 3.05) is 18.4 Å². The first-order valence-corrected chi connectivity index (χ1v) is 13.6. The molecule has 1 aliphatic carbocycles. The number of aromatic amines is 1. The number of hydrogen-bond donors (Lipinski definition) is 2. The van der Waals surface area contributed by atoms with Crippen molar-refractivity contribution in [2.24, 2.45) is 0 Å². The number of likely N-dealkylation sites (tertiary alicyclic amines) is 1. The zero-order chi connectivity index (χ0) is 27.6. The summed E-state index contributed by atoms with van der Waals surface area (Å²) in [5, 5.41) is 14.0. The van der Waals surface area contributed by atoms with Gasteiger partial charge >= 0.3 is 6.18 Å². The van der Waals surface area contributed by atoms with Crippen LogP contribution in [-0.4, -0.2) is 49.8 Å². The number of halogens is 3. The summed E-state index contributed by atoms with van der Waals surface area (Å²) in [4.78, 5) is 27.2. The molecule has 1 aromatic carbocycles. The Balaban J connectivity index is 1.21. The molecular formula is C28H33F3N6O2. The van der Waals surface area contributed by atoms with Crippen molar-refractivity contribution >= 4 is 17.5 Å². The Morgan fingerprint density at radius 3 is 2.49 bits per heavy atom. The minimum atomic E-state index is -4.50. The first kappa shape index (κ1) is 27.0. The zero-order valence-corrected chi connectivity index (χ0v) is 21.9. The van der Waals surface area contributed by atoms with Crippen LogP contribution in [0.2, 0.25) is 0 Å². The number of aromatic nitrogens is 4. The predicted octanol–water partition coefficient (Wildman–Crippen LogP) is 5.96. The summed E-state index contributed by atoms with van der Waals surface area (Å²) in [6.07, 6.45) is 5.20. The quantitative estimate of drug-likeness (QED) is 0.402. The average Bonchev–Trinajstić information content (AvgIpc) is 3.62. The Labute approximate surface area is 225 Å². The van der Waals surface area contributed by atoms with Gasteiger partial charge in [-0.1, -0.05) is 32.3 Å². The molecule has 2 aromatic heterocycles. The van der Waals surface area contributed by atoms with Crippen LogP contribution >= 0.6 is 0 Å². The van der Waals surface area contributed by atoms with Gasteiger partial charge in [-0.25, -0.2) is 0 Å².